The lowest BCUT2D eigenvalue weighted by molar-refractivity contribution is 0.295. The number of hydrogen-bond acceptors (Lipinski definition) is 3. The molecule has 0 aromatic heterocycles. The van der Waals surface area contributed by atoms with Gasteiger partial charge in [-0.25, -0.2) is 13.4 Å². The van der Waals surface area contributed by atoms with Gasteiger partial charge >= 0.3 is 0 Å². The van der Waals surface area contributed by atoms with Gasteiger partial charge in [-0.2, -0.15) is 0 Å². The Morgan fingerprint density at radius 2 is 2.10 bits per heavy atom. The lowest BCUT2D eigenvalue weighted by Crippen LogP contribution is -2.46. The molecule has 110 valence electrons. The minimum absolute atomic E-state index is 0.0476. The summed E-state index contributed by atoms with van der Waals surface area (Å²) in [6.45, 7) is 3.80. The van der Waals surface area contributed by atoms with Crippen LogP contribution in [0.2, 0.25) is 5.02 Å². The summed E-state index contributed by atoms with van der Waals surface area (Å²) in [5, 5.41) is 0.396. The van der Waals surface area contributed by atoms with Gasteiger partial charge in [0.2, 0.25) is 0 Å². The minimum atomic E-state index is -3.27. The van der Waals surface area contributed by atoms with Crippen LogP contribution in [0.15, 0.2) is 28.1 Å². The zero-order chi connectivity index (χ0) is 14.8. The lowest BCUT2D eigenvalue weighted by atomic mass is 10.2. The van der Waals surface area contributed by atoms with Gasteiger partial charge in [-0.05, 0) is 30.2 Å². The molecule has 1 aromatic carbocycles. The molecule has 1 saturated heterocycles. The molecule has 2 N–H and O–H groups in total. The zero-order valence-electron chi connectivity index (χ0n) is 11.3. The Morgan fingerprint density at radius 1 is 1.40 bits per heavy atom. The summed E-state index contributed by atoms with van der Waals surface area (Å²) >= 11 is 5.97. The summed E-state index contributed by atoms with van der Waals surface area (Å²) in [7, 11) is -3.27. The van der Waals surface area contributed by atoms with Crippen molar-refractivity contribution in [3.63, 3.8) is 0 Å². The number of hydrogen-bond donors (Lipinski definition) is 1. The van der Waals surface area contributed by atoms with E-state index in [0.29, 0.717) is 17.5 Å². The molecule has 5 nitrogen and oxygen atoms in total. The molecule has 1 fully saturated rings. The Morgan fingerprint density at radius 3 is 2.65 bits per heavy atom. The Kier molecular flexibility index (Phi) is 4.55. The van der Waals surface area contributed by atoms with Crippen molar-refractivity contribution in [1.29, 1.82) is 0 Å². The maximum Gasteiger partial charge on any atom is 0.191 e. The van der Waals surface area contributed by atoms with Crippen molar-refractivity contribution in [2.45, 2.75) is 24.8 Å². The predicted molar refractivity (Wildman–Crippen MR) is 80.7 cm³/mol. The smallest absolute Gasteiger partial charge is 0.191 e. The molecule has 0 amide bonds. The largest absolute Gasteiger partial charge is 0.370 e. The van der Waals surface area contributed by atoms with Crippen LogP contribution in [-0.4, -0.2) is 38.1 Å². The normalized spacial score (nSPS) is 16.1. The first-order chi connectivity index (χ1) is 9.42. The molecule has 0 bridgehead atoms. The highest BCUT2D eigenvalue weighted by molar-refractivity contribution is 7.91. The molecule has 1 aliphatic heterocycles. The third-order valence-electron chi connectivity index (χ3n) is 3.27. The van der Waals surface area contributed by atoms with E-state index in [1.807, 2.05) is 4.90 Å². The topological polar surface area (TPSA) is 75.8 Å². The summed E-state index contributed by atoms with van der Waals surface area (Å²) in [6.07, 6.45) is 1.13. The third kappa shape index (κ3) is 3.43. The van der Waals surface area contributed by atoms with Crippen LogP contribution in [0.1, 0.15) is 18.9 Å². The second kappa shape index (κ2) is 6.01. The van der Waals surface area contributed by atoms with Crippen LogP contribution in [0.5, 0.6) is 0 Å². The van der Waals surface area contributed by atoms with E-state index in [-0.39, 0.29) is 10.6 Å². The van der Waals surface area contributed by atoms with Crippen LogP contribution < -0.4 is 5.73 Å². The highest BCUT2D eigenvalue weighted by Crippen LogP contribution is 2.21. The van der Waals surface area contributed by atoms with Crippen molar-refractivity contribution >= 4 is 27.4 Å². The Labute approximate surface area is 124 Å². The van der Waals surface area contributed by atoms with Gasteiger partial charge in [0.15, 0.2) is 15.8 Å². The maximum atomic E-state index is 11.9. The van der Waals surface area contributed by atoms with Crippen LogP contribution in [0, 0.1) is 0 Å². The van der Waals surface area contributed by atoms with E-state index in [0.717, 1.165) is 25.1 Å². The number of nitrogens with zero attached hydrogens (tertiary/aromatic N) is 2. The summed E-state index contributed by atoms with van der Waals surface area (Å²) in [5.41, 5.74) is 6.58. The SMILES string of the molecule is CCS(=O)(=O)c1cc(Cl)cc(CN=C(N)N2CCC2)c1. The lowest BCUT2D eigenvalue weighted by Gasteiger charge is -2.31. The molecule has 2 rings (SSSR count). The second-order valence-corrected chi connectivity index (χ2v) is 7.43. The number of nitrogens with two attached hydrogens (primary N) is 1. The van der Waals surface area contributed by atoms with Crippen LogP contribution in [0.3, 0.4) is 0 Å². The number of sulfone groups is 1. The van der Waals surface area contributed by atoms with E-state index < -0.39 is 9.84 Å². The van der Waals surface area contributed by atoms with Crippen LogP contribution in [0.4, 0.5) is 0 Å². The Bertz CT molecular complexity index is 625. The number of aliphatic imine (C=N–C) groups is 1. The van der Waals surface area contributed by atoms with E-state index in [9.17, 15) is 8.42 Å². The van der Waals surface area contributed by atoms with E-state index in [2.05, 4.69) is 4.99 Å². The fraction of sp³-hybridized carbons (Fsp3) is 0.462. The number of likely N-dealkylation sites (tertiary alicyclic amines) is 1. The molecule has 0 saturated carbocycles. The number of guanidine groups is 1. The molecular weight excluding hydrogens is 298 g/mol. The van der Waals surface area contributed by atoms with Gasteiger partial charge in [-0.3, -0.25) is 0 Å². The van der Waals surface area contributed by atoms with E-state index >= 15 is 0 Å². The van der Waals surface area contributed by atoms with Crippen molar-refractivity contribution in [3.05, 3.63) is 28.8 Å². The first-order valence-electron chi connectivity index (χ1n) is 6.49. The fourth-order valence-electron chi connectivity index (χ4n) is 1.88. The van der Waals surface area contributed by atoms with Gasteiger partial charge < -0.3 is 10.6 Å². The van der Waals surface area contributed by atoms with Gasteiger partial charge in [0.1, 0.15) is 0 Å². The summed E-state index contributed by atoms with van der Waals surface area (Å²) in [4.78, 5) is 6.49. The monoisotopic (exact) mass is 315 g/mol. The molecule has 0 atom stereocenters. The van der Waals surface area contributed by atoms with Gasteiger partial charge in [-0.1, -0.05) is 18.5 Å². The molecule has 20 heavy (non-hydrogen) atoms. The molecule has 1 heterocycles. The Hall–Kier alpha value is -1.27. The highest BCUT2D eigenvalue weighted by Gasteiger charge is 2.16. The molecule has 0 unspecified atom stereocenters. The standard InChI is InChI=1S/C13H18ClN3O2S/c1-2-20(18,19)12-7-10(6-11(14)8-12)9-16-13(15)17-4-3-5-17/h6-8H,2-5,9H2,1H3,(H2,15,16). The van der Waals surface area contributed by atoms with Gasteiger partial charge in [0.25, 0.3) is 0 Å². The van der Waals surface area contributed by atoms with Gasteiger partial charge in [0, 0.05) is 18.1 Å². The fourth-order valence-corrected chi connectivity index (χ4v) is 3.17. The molecule has 0 spiro atoms. The predicted octanol–water partition coefficient (Wildman–Crippen LogP) is 1.65. The highest BCUT2D eigenvalue weighted by atomic mass is 35.5. The maximum absolute atomic E-state index is 11.9. The van der Waals surface area contributed by atoms with Crippen molar-refractivity contribution in [2.24, 2.45) is 10.7 Å². The van der Waals surface area contributed by atoms with Gasteiger partial charge in [0.05, 0.1) is 17.2 Å². The van der Waals surface area contributed by atoms with Crippen molar-refractivity contribution in [3.8, 4) is 0 Å². The summed E-state index contributed by atoms with van der Waals surface area (Å²) in [5.74, 6) is 0.544. The number of rotatable bonds is 4. The Balaban J connectivity index is 2.20. The zero-order valence-corrected chi connectivity index (χ0v) is 12.9. The van der Waals surface area contributed by atoms with Crippen LogP contribution in [-0.2, 0) is 16.4 Å². The third-order valence-corrected chi connectivity index (χ3v) is 5.21. The average molecular weight is 316 g/mol. The summed E-state index contributed by atoms with van der Waals surface area (Å²) < 4.78 is 23.8. The number of benzene rings is 1. The molecule has 0 aliphatic carbocycles. The summed E-state index contributed by atoms with van der Waals surface area (Å²) in [6, 6.07) is 4.78. The van der Waals surface area contributed by atoms with Crippen molar-refractivity contribution < 1.29 is 8.42 Å². The molecule has 0 radical (unpaired) electrons. The first-order valence-corrected chi connectivity index (χ1v) is 8.52. The van der Waals surface area contributed by atoms with Gasteiger partial charge in [-0.15, -0.1) is 0 Å². The minimum Gasteiger partial charge on any atom is -0.370 e. The number of halogens is 1. The van der Waals surface area contributed by atoms with Crippen LogP contribution >= 0.6 is 11.6 Å². The molecule has 1 aliphatic rings. The first kappa shape index (κ1) is 15.1. The van der Waals surface area contributed by atoms with Crippen LogP contribution in [0.25, 0.3) is 0 Å². The molecule has 7 heteroatoms. The van der Waals surface area contributed by atoms with E-state index in [4.69, 9.17) is 17.3 Å². The van der Waals surface area contributed by atoms with Crippen molar-refractivity contribution in [2.75, 3.05) is 18.8 Å². The molecule has 1 aromatic rings. The quantitative estimate of drug-likeness (QED) is 0.677. The van der Waals surface area contributed by atoms with Crippen molar-refractivity contribution in [1.82, 2.24) is 4.90 Å². The second-order valence-electron chi connectivity index (χ2n) is 4.71. The van der Waals surface area contributed by atoms with E-state index in [1.54, 1.807) is 19.1 Å². The molecular formula is C13H18ClN3O2S. The van der Waals surface area contributed by atoms with E-state index in [1.165, 1.54) is 6.07 Å². The average Bonchev–Trinajstić information content (AvgIpc) is 2.33.